The molecular weight excluding hydrogens is 366 g/mol. The Balaban J connectivity index is 1.79. The second kappa shape index (κ2) is 8.73. The highest BCUT2D eigenvalue weighted by Crippen LogP contribution is 2.33. The molecule has 6 nitrogen and oxygen atoms in total. The third-order valence-electron chi connectivity index (χ3n) is 5.08. The molecule has 2 aromatic carbocycles. The Labute approximate surface area is 170 Å². The lowest BCUT2D eigenvalue weighted by Gasteiger charge is -2.32. The second-order valence-electron chi connectivity index (χ2n) is 7.17. The first-order valence-electron chi connectivity index (χ1n) is 9.52. The zero-order valence-electron chi connectivity index (χ0n) is 16.9. The highest BCUT2D eigenvalue weighted by Gasteiger charge is 2.28. The molecule has 29 heavy (non-hydrogen) atoms. The van der Waals surface area contributed by atoms with Crippen LogP contribution in [-0.2, 0) is 20.9 Å². The van der Waals surface area contributed by atoms with Crippen LogP contribution < -0.4 is 5.32 Å². The summed E-state index contributed by atoms with van der Waals surface area (Å²) in [5, 5.41) is 2.95. The number of rotatable bonds is 5. The topological polar surface area (TPSA) is 69.7 Å². The number of para-hydroxylation sites is 1. The molecule has 0 spiro atoms. The van der Waals surface area contributed by atoms with Crippen LogP contribution in [0, 0.1) is 0 Å². The van der Waals surface area contributed by atoms with Gasteiger partial charge >= 0.3 is 0 Å². The first-order chi connectivity index (χ1) is 13.9. The number of nitrogens with zero attached hydrogens (tertiary/aromatic N) is 2. The van der Waals surface area contributed by atoms with E-state index in [1.165, 1.54) is 13.8 Å². The molecule has 1 aliphatic heterocycles. The van der Waals surface area contributed by atoms with Gasteiger partial charge in [0.2, 0.25) is 17.7 Å². The molecule has 0 saturated heterocycles. The molecule has 0 aromatic heterocycles. The number of hydrogen-bond donors (Lipinski definition) is 1. The first kappa shape index (κ1) is 20.3. The SMILES string of the molecule is CC(=O)N(C)Cc1ccccc1NC(=O)CC1c2ccccc2C=CN1C(C)=O. The van der Waals surface area contributed by atoms with Gasteiger partial charge in [0.1, 0.15) is 0 Å². The Morgan fingerprint density at radius 2 is 1.72 bits per heavy atom. The fraction of sp³-hybridized carbons (Fsp3) is 0.261. The Hall–Kier alpha value is -3.41. The maximum absolute atomic E-state index is 12.9. The number of fused-ring (bicyclic) bond motifs is 1. The molecule has 3 rings (SSSR count). The van der Waals surface area contributed by atoms with Crippen molar-refractivity contribution < 1.29 is 14.4 Å². The number of nitrogens with one attached hydrogen (secondary N) is 1. The molecule has 0 aliphatic carbocycles. The standard InChI is InChI=1S/C23H25N3O3/c1-16(27)25(3)15-19-9-5-7-11-21(19)24-23(29)14-22-20-10-6-4-8-18(20)12-13-26(22)17(2)28/h4-13,22H,14-15H2,1-3H3,(H,24,29). The smallest absolute Gasteiger partial charge is 0.226 e. The maximum atomic E-state index is 12.9. The van der Waals surface area contributed by atoms with Crippen molar-refractivity contribution in [1.29, 1.82) is 0 Å². The van der Waals surface area contributed by atoms with Gasteiger partial charge in [-0.15, -0.1) is 0 Å². The number of anilines is 1. The van der Waals surface area contributed by atoms with Crippen molar-refractivity contribution in [1.82, 2.24) is 9.80 Å². The van der Waals surface area contributed by atoms with Crippen molar-refractivity contribution in [3.05, 3.63) is 71.4 Å². The summed E-state index contributed by atoms with van der Waals surface area (Å²) in [5.41, 5.74) is 3.47. The van der Waals surface area contributed by atoms with E-state index in [9.17, 15) is 14.4 Å². The van der Waals surface area contributed by atoms with E-state index >= 15 is 0 Å². The molecule has 0 radical (unpaired) electrons. The summed E-state index contributed by atoms with van der Waals surface area (Å²) in [6.45, 7) is 3.40. The van der Waals surface area contributed by atoms with Crippen molar-refractivity contribution in [2.24, 2.45) is 0 Å². The number of carbonyl (C=O) groups excluding carboxylic acids is 3. The van der Waals surface area contributed by atoms with Crippen LogP contribution in [0.5, 0.6) is 0 Å². The number of benzene rings is 2. The molecule has 1 atom stereocenters. The lowest BCUT2D eigenvalue weighted by atomic mass is 9.93. The van der Waals surface area contributed by atoms with Gasteiger partial charge < -0.3 is 15.1 Å². The fourth-order valence-corrected chi connectivity index (χ4v) is 3.44. The van der Waals surface area contributed by atoms with Gasteiger partial charge in [-0.25, -0.2) is 0 Å². The average Bonchev–Trinajstić information content (AvgIpc) is 2.69. The largest absolute Gasteiger partial charge is 0.342 e. The van der Waals surface area contributed by atoms with Crippen molar-refractivity contribution in [3.63, 3.8) is 0 Å². The van der Waals surface area contributed by atoms with Crippen molar-refractivity contribution >= 4 is 29.5 Å². The highest BCUT2D eigenvalue weighted by molar-refractivity contribution is 5.93. The molecule has 6 heteroatoms. The van der Waals surface area contributed by atoms with Gasteiger partial charge in [0.25, 0.3) is 0 Å². The maximum Gasteiger partial charge on any atom is 0.226 e. The third kappa shape index (κ3) is 4.71. The predicted octanol–water partition coefficient (Wildman–Crippen LogP) is 3.57. The minimum Gasteiger partial charge on any atom is -0.342 e. The van der Waals surface area contributed by atoms with Gasteiger partial charge in [-0.1, -0.05) is 42.5 Å². The molecule has 0 saturated carbocycles. The Bertz CT molecular complexity index is 967. The normalized spacial score (nSPS) is 14.9. The number of carbonyl (C=O) groups is 3. The third-order valence-corrected chi connectivity index (χ3v) is 5.08. The minimum absolute atomic E-state index is 0.0474. The first-order valence-corrected chi connectivity index (χ1v) is 9.52. The highest BCUT2D eigenvalue weighted by atomic mass is 16.2. The summed E-state index contributed by atoms with van der Waals surface area (Å²) in [6, 6.07) is 14.8. The van der Waals surface area contributed by atoms with E-state index in [2.05, 4.69) is 5.32 Å². The van der Waals surface area contributed by atoms with E-state index < -0.39 is 0 Å². The molecule has 150 valence electrons. The summed E-state index contributed by atoms with van der Waals surface area (Å²) in [4.78, 5) is 39.7. The van der Waals surface area contributed by atoms with Gasteiger partial charge in [-0.3, -0.25) is 14.4 Å². The Morgan fingerprint density at radius 1 is 1.03 bits per heavy atom. The molecule has 1 aliphatic rings. The summed E-state index contributed by atoms with van der Waals surface area (Å²) < 4.78 is 0. The van der Waals surface area contributed by atoms with Crippen molar-refractivity contribution in [2.45, 2.75) is 32.9 Å². The lowest BCUT2D eigenvalue weighted by Crippen LogP contribution is -2.33. The van der Waals surface area contributed by atoms with Crippen LogP contribution in [0.3, 0.4) is 0 Å². The van der Waals surface area contributed by atoms with E-state index in [1.54, 1.807) is 23.0 Å². The monoisotopic (exact) mass is 391 g/mol. The Morgan fingerprint density at radius 3 is 2.45 bits per heavy atom. The Kier molecular flexibility index (Phi) is 6.12. The predicted molar refractivity (Wildman–Crippen MR) is 113 cm³/mol. The molecule has 0 bridgehead atoms. The van der Waals surface area contributed by atoms with E-state index in [0.717, 1.165) is 16.7 Å². The van der Waals surface area contributed by atoms with Gasteiger partial charge in [0.05, 0.1) is 12.5 Å². The molecule has 1 N–H and O–H groups in total. The van der Waals surface area contributed by atoms with Crippen LogP contribution >= 0.6 is 0 Å². The summed E-state index contributed by atoms with van der Waals surface area (Å²) in [5.74, 6) is -0.352. The number of hydrogen-bond acceptors (Lipinski definition) is 3. The van der Waals surface area contributed by atoms with Crippen LogP contribution in [-0.4, -0.2) is 34.6 Å². The zero-order chi connectivity index (χ0) is 21.0. The molecule has 1 unspecified atom stereocenters. The average molecular weight is 391 g/mol. The summed E-state index contributed by atoms with van der Waals surface area (Å²) in [6.07, 6.45) is 3.76. The van der Waals surface area contributed by atoms with Crippen LogP contribution in [0.25, 0.3) is 6.08 Å². The van der Waals surface area contributed by atoms with Crippen LogP contribution in [0.4, 0.5) is 5.69 Å². The molecule has 1 heterocycles. The van der Waals surface area contributed by atoms with Gasteiger partial charge in [0.15, 0.2) is 0 Å². The zero-order valence-corrected chi connectivity index (χ0v) is 16.9. The molecule has 2 aromatic rings. The van der Waals surface area contributed by atoms with E-state index in [1.807, 2.05) is 54.6 Å². The van der Waals surface area contributed by atoms with Crippen molar-refractivity contribution in [2.75, 3.05) is 12.4 Å². The second-order valence-corrected chi connectivity index (χ2v) is 7.17. The lowest BCUT2D eigenvalue weighted by molar-refractivity contribution is -0.129. The van der Waals surface area contributed by atoms with E-state index in [0.29, 0.717) is 12.2 Å². The van der Waals surface area contributed by atoms with E-state index in [-0.39, 0.29) is 30.2 Å². The quantitative estimate of drug-likeness (QED) is 0.847. The minimum atomic E-state index is -0.360. The summed E-state index contributed by atoms with van der Waals surface area (Å²) >= 11 is 0. The van der Waals surface area contributed by atoms with Crippen molar-refractivity contribution in [3.8, 4) is 0 Å². The summed E-state index contributed by atoms with van der Waals surface area (Å²) in [7, 11) is 1.72. The van der Waals surface area contributed by atoms with Crippen LogP contribution in [0.2, 0.25) is 0 Å². The molecular formula is C23H25N3O3. The van der Waals surface area contributed by atoms with Gasteiger partial charge in [0, 0.05) is 39.3 Å². The van der Waals surface area contributed by atoms with Crippen LogP contribution in [0.15, 0.2) is 54.7 Å². The van der Waals surface area contributed by atoms with E-state index in [4.69, 9.17) is 0 Å². The molecule has 0 fully saturated rings. The van der Waals surface area contributed by atoms with Crippen LogP contribution in [0.1, 0.15) is 43.0 Å². The molecule has 3 amide bonds. The van der Waals surface area contributed by atoms with Gasteiger partial charge in [-0.2, -0.15) is 0 Å². The number of amides is 3. The fourth-order valence-electron chi connectivity index (χ4n) is 3.44. The van der Waals surface area contributed by atoms with Gasteiger partial charge in [-0.05, 0) is 28.8 Å².